The maximum atomic E-state index is 5.48. The maximum Gasteiger partial charge on any atom is 0.210 e. The third kappa shape index (κ3) is 4.99. The zero-order valence-electron chi connectivity index (χ0n) is 18.9. The fraction of sp³-hybridized carbons (Fsp3) is 0.154. The fourth-order valence-electron chi connectivity index (χ4n) is 3.30. The van der Waals surface area contributed by atoms with Gasteiger partial charge >= 0.3 is 0 Å². The molecule has 0 aliphatic rings. The third-order valence-corrected chi connectivity index (χ3v) is 6.10. The van der Waals surface area contributed by atoms with E-state index >= 15 is 0 Å². The van der Waals surface area contributed by atoms with E-state index in [-0.39, 0.29) is 0 Å². The molecule has 0 radical (unpaired) electrons. The van der Waals surface area contributed by atoms with Gasteiger partial charge in [0.05, 0.1) is 39.0 Å². The lowest BCUT2D eigenvalue weighted by atomic mass is 10.1. The molecule has 0 spiro atoms. The highest BCUT2D eigenvalue weighted by Gasteiger charge is 2.15. The summed E-state index contributed by atoms with van der Waals surface area (Å²) in [4.78, 5) is 10.5. The third-order valence-electron chi connectivity index (χ3n) is 5.09. The van der Waals surface area contributed by atoms with Gasteiger partial charge in [-0.05, 0) is 66.2 Å². The summed E-state index contributed by atoms with van der Waals surface area (Å²) in [6.07, 6.45) is 1.76. The summed E-state index contributed by atoms with van der Waals surface area (Å²) < 4.78 is 21.4. The lowest BCUT2D eigenvalue weighted by Crippen LogP contribution is -1.92. The van der Waals surface area contributed by atoms with E-state index in [2.05, 4.69) is 4.99 Å². The first-order valence-corrected chi connectivity index (χ1v) is 11.0. The van der Waals surface area contributed by atoms with Crippen LogP contribution in [0.3, 0.4) is 0 Å². The molecule has 0 fully saturated rings. The van der Waals surface area contributed by atoms with Crippen LogP contribution in [-0.4, -0.2) is 39.6 Å². The summed E-state index contributed by atoms with van der Waals surface area (Å²) in [6, 6.07) is 21.4. The molecule has 0 N–H and O–H groups in total. The van der Waals surface area contributed by atoms with Gasteiger partial charge in [0.2, 0.25) is 5.13 Å². The highest BCUT2D eigenvalue weighted by molar-refractivity contribution is 7.19. The molecule has 7 heteroatoms. The van der Waals surface area contributed by atoms with Crippen LogP contribution in [0.15, 0.2) is 71.7 Å². The van der Waals surface area contributed by atoms with Crippen LogP contribution in [0.1, 0.15) is 5.56 Å². The molecule has 0 saturated heterocycles. The van der Waals surface area contributed by atoms with E-state index in [1.165, 1.54) is 11.3 Å². The van der Waals surface area contributed by atoms with Crippen molar-refractivity contribution in [1.82, 2.24) is 4.98 Å². The molecule has 33 heavy (non-hydrogen) atoms. The van der Waals surface area contributed by atoms with Crippen LogP contribution in [0, 0.1) is 0 Å². The lowest BCUT2D eigenvalue weighted by Gasteiger charge is -2.06. The smallest absolute Gasteiger partial charge is 0.210 e. The van der Waals surface area contributed by atoms with Crippen molar-refractivity contribution in [2.75, 3.05) is 28.4 Å². The molecule has 3 aromatic carbocycles. The average molecular weight is 461 g/mol. The molecule has 4 aromatic rings. The summed E-state index contributed by atoms with van der Waals surface area (Å²) >= 11 is 1.52. The van der Waals surface area contributed by atoms with Crippen LogP contribution in [0.2, 0.25) is 0 Å². The van der Waals surface area contributed by atoms with Crippen LogP contribution in [0.25, 0.3) is 21.7 Å². The van der Waals surface area contributed by atoms with Crippen molar-refractivity contribution < 1.29 is 18.9 Å². The van der Waals surface area contributed by atoms with Crippen LogP contribution < -0.4 is 18.9 Å². The summed E-state index contributed by atoms with van der Waals surface area (Å²) in [6.45, 7) is 0. The number of hydrogen-bond donors (Lipinski definition) is 0. The Morgan fingerprint density at radius 3 is 1.85 bits per heavy atom. The Morgan fingerprint density at radius 2 is 1.27 bits per heavy atom. The van der Waals surface area contributed by atoms with Gasteiger partial charge in [-0.25, -0.2) is 9.98 Å². The van der Waals surface area contributed by atoms with E-state index in [9.17, 15) is 0 Å². The summed E-state index contributed by atoms with van der Waals surface area (Å²) in [5.41, 5.74) is 3.73. The number of hydrogen-bond acceptors (Lipinski definition) is 7. The van der Waals surface area contributed by atoms with Crippen molar-refractivity contribution in [3.8, 4) is 44.7 Å². The van der Waals surface area contributed by atoms with Crippen molar-refractivity contribution in [2.45, 2.75) is 0 Å². The quantitative estimate of drug-likeness (QED) is 0.290. The minimum atomic E-state index is 0.643. The van der Waals surface area contributed by atoms with Gasteiger partial charge in [0.1, 0.15) is 23.0 Å². The normalized spacial score (nSPS) is 10.9. The van der Waals surface area contributed by atoms with Crippen molar-refractivity contribution >= 4 is 22.7 Å². The molecule has 1 aromatic heterocycles. The van der Waals surface area contributed by atoms with Gasteiger partial charge in [-0.15, -0.1) is 0 Å². The molecule has 4 rings (SSSR count). The Labute approximate surface area is 197 Å². The van der Waals surface area contributed by atoms with Gasteiger partial charge in [-0.2, -0.15) is 0 Å². The first-order chi connectivity index (χ1) is 16.1. The van der Waals surface area contributed by atoms with Crippen molar-refractivity contribution in [2.24, 2.45) is 4.99 Å². The minimum absolute atomic E-state index is 0.643. The SMILES string of the molecule is COc1ccc(-c2nc(N=Cc3ccc(OC)cc3OC)sc2-c2ccc(OC)cc2)cc1. The molecule has 0 bridgehead atoms. The van der Waals surface area contributed by atoms with Crippen molar-refractivity contribution in [1.29, 1.82) is 0 Å². The molecule has 1 heterocycles. The monoisotopic (exact) mass is 460 g/mol. The Bertz CT molecular complexity index is 1180. The van der Waals surface area contributed by atoms with Crippen LogP contribution in [-0.2, 0) is 0 Å². The maximum absolute atomic E-state index is 5.48. The van der Waals surface area contributed by atoms with Gasteiger partial charge in [0, 0.05) is 23.4 Å². The zero-order valence-corrected chi connectivity index (χ0v) is 19.7. The number of methoxy groups -OCH3 is 4. The molecular formula is C26H24N2O4S. The Balaban J connectivity index is 1.74. The lowest BCUT2D eigenvalue weighted by molar-refractivity contribution is 0.394. The Hall–Kier alpha value is -3.84. The minimum Gasteiger partial charge on any atom is -0.497 e. The largest absolute Gasteiger partial charge is 0.497 e. The number of rotatable bonds is 8. The Morgan fingerprint density at radius 1 is 0.697 bits per heavy atom. The van der Waals surface area contributed by atoms with Gasteiger partial charge in [0.15, 0.2) is 0 Å². The topological polar surface area (TPSA) is 62.2 Å². The summed E-state index contributed by atoms with van der Waals surface area (Å²) in [5, 5.41) is 0.643. The molecule has 0 aliphatic carbocycles. The predicted octanol–water partition coefficient (Wildman–Crippen LogP) is 6.26. The highest BCUT2D eigenvalue weighted by Crippen LogP contribution is 2.41. The standard InChI is InChI=1S/C26H24N2O4S/c1-29-20-10-5-17(6-11-20)24-25(18-7-12-21(30-2)13-8-18)33-26(28-24)27-16-19-9-14-22(31-3)15-23(19)32-4/h5-16H,1-4H3. The molecule has 0 amide bonds. The van der Waals surface area contributed by atoms with Gasteiger partial charge in [0.25, 0.3) is 0 Å². The summed E-state index contributed by atoms with van der Waals surface area (Å²) in [7, 11) is 6.56. The average Bonchev–Trinajstić information content (AvgIpc) is 3.31. The van der Waals surface area contributed by atoms with Crippen molar-refractivity contribution in [3.05, 3.63) is 72.3 Å². The highest BCUT2D eigenvalue weighted by atomic mass is 32.1. The second-order valence-electron chi connectivity index (χ2n) is 7.00. The first kappa shape index (κ1) is 22.4. The van der Waals surface area contributed by atoms with E-state index < -0.39 is 0 Å². The van der Waals surface area contributed by atoms with E-state index in [0.717, 1.165) is 44.5 Å². The fourth-order valence-corrected chi connectivity index (χ4v) is 4.24. The second-order valence-corrected chi connectivity index (χ2v) is 7.97. The number of thiazole rings is 1. The van der Waals surface area contributed by atoms with E-state index in [1.54, 1.807) is 34.7 Å². The molecule has 0 atom stereocenters. The molecule has 0 unspecified atom stereocenters. The molecule has 168 valence electrons. The number of ether oxygens (including phenoxy) is 4. The molecule has 0 saturated carbocycles. The van der Waals surface area contributed by atoms with Gasteiger partial charge in [-0.3, -0.25) is 0 Å². The van der Waals surface area contributed by atoms with Crippen LogP contribution in [0.4, 0.5) is 5.13 Å². The van der Waals surface area contributed by atoms with Crippen LogP contribution >= 0.6 is 11.3 Å². The first-order valence-electron chi connectivity index (χ1n) is 10.2. The second kappa shape index (κ2) is 10.2. The number of aromatic nitrogens is 1. The Kier molecular flexibility index (Phi) is 6.90. The van der Waals surface area contributed by atoms with Gasteiger partial charge < -0.3 is 18.9 Å². The molecular weight excluding hydrogens is 436 g/mol. The predicted molar refractivity (Wildman–Crippen MR) is 133 cm³/mol. The molecule has 6 nitrogen and oxygen atoms in total. The number of nitrogens with zero attached hydrogens (tertiary/aromatic N) is 2. The van der Waals surface area contributed by atoms with E-state index in [0.29, 0.717) is 10.9 Å². The zero-order chi connectivity index (χ0) is 23.2. The molecule has 0 aliphatic heterocycles. The number of benzene rings is 3. The van der Waals surface area contributed by atoms with E-state index in [1.807, 2.05) is 66.7 Å². The van der Waals surface area contributed by atoms with E-state index in [4.69, 9.17) is 23.9 Å². The van der Waals surface area contributed by atoms with Crippen LogP contribution in [0.5, 0.6) is 23.0 Å². The van der Waals surface area contributed by atoms with Gasteiger partial charge in [-0.1, -0.05) is 11.3 Å². The summed E-state index contributed by atoms with van der Waals surface area (Å²) in [5.74, 6) is 3.01. The van der Waals surface area contributed by atoms with Crippen molar-refractivity contribution in [3.63, 3.8) is 0 Å². The number of aliphatic imine (C=N–C) groups is 1.